The van der Waals surface area contributed by atoms with E-state index in [0.717, 1.165) is 16.5 Å². The molecule has 0 aliphatic heterocycles. The molecule has 0 atom stereocenters. The Balaban J connectivity index is 1.47. The van der Waals surface area contributed by atoms with Crippen LogP contribution in [0.1, 0.15) is 30.1 Å². The summed E-state index contributed by atoms with van der Waals surface area (Å²) in [5.41, 5.74) is 0.740. The van der Waals surface area contributed by atoms with Crippen LogP contribution in [0.15, 0.2) is 42.9 Å². The van der Waals surface area contributed by atoms with Gasteiger partial charge in [0.1, 0.15) is 0 Å². The number of hydrogen-bond donors (Lipinski definition) is 2. The molecule has 1 fully saturated rings. The lowest BCUT2D eigenvalue weighted by Gasteiger charge is -2.23. The van der Waals surface area contributed by atoms with E-state index in [9.17, 15) is 4.79 Å². The molecule has 1 aliphatic rings. The van der Waals surface area contributed by atoms with Crippen molar-refractivity contribution in [3.63, 3.8) is 0 Å². The molecule has 2 amide bonds. The molecule has 6 heteroatoms. The van der Waals surface area contributed by atoms with Crippen molar-refractivity contribution in [1.82, 2.24) is 9.97 Å². The average molecular weight is 324 g/mol. The van der Waals surface area contributed by atoms with Crippen LogP contribution in [0, 0.1) is 0 Å². The van der Waals surface area contributed by atoms with Crippen molar-refractivity contribution in [2.24, 2.45) is 0 Å². The first kappa shape index (κ1) is 14.1. The molecule has 0 bridgehead atoms. The van der Waals surface area contributed by atoms with Crippen molar-refractivity contribution in [2.45, 2.75) is 25.2 Å². The minimum Gasteiger partial charge on any atom is -0.307 e. The van der Waals surface area contributed by atoms with E-state index < -0.39 is 0 Å². The lowest BCUT2D eigenvalue weighted by molar-refractivity contribution is 0.262. The van der Waals surface area contributed by atoms with Gasteiger partial charge in [-0.1, -0.05) is 18.6 Å². The SMILES string of the molecule is O=C(Nc1ncc(C2CCC2)s1)Nc1cccc2ccncc12. The molecule has 2 N–H and O–H groups in total. The van der Waals surface area contributed by atoms with E-state index in [2.05, 4.69) is 20.6 Å². The van der Waals surface area contributed by atoms with Crippen molar-refractivity contribution in [1.29, 1.82) is 0 Å². The third-order valence-corrected chi connectivity index (χ3v) is 5.26. The molecule has 1 saturated carbocycles. The molecule has 1 aliphatic carbocycles. The summed E-state index contributed by atoms with van der Waals surface area (Å²) in [5, 5.41) is 8.29. The Morgan fingerprint density at radius 3 is 2.91 bits per heavy atom. The van der Waals surface area contributed by atoms with Gasteiger partial charge < -0.3 is 5.32 Å². The zero-order valence-electron chi connectivity index (χ0n) is 12.5. The molecule has 2 aromatic heterocycles. The number of amides is 2. The molecule has 116 valence electrons. The van der Waals surface area contributed by atoms with Gasteiger partial charge in [0.25, 0.3) is 0 Å². The van der Waals surface area contributed by atoms with Crippen molar-refractivity contribution >= 4 is 39.0 Å². The van der Waals surface area contributed by atoms with E-state index in [1.807, 2.05) is 30.5 Å². The molecule has 23 heavy (non-hydrogen) atoms. The molecule has 5 nitrogen and oxygen atoms in total. The summed E-state index contributed by atoms with van der Waals surface area (Å²) in [5.74, 6) is 0.634. The highest BCUT2D eigenvalue weighted by atomic mass is 32.1. The lowest BCUT2D eigenvalue weighted by Crippen LogP contribution is -2.19. The number of hydrogen-bond acceptors (Lipinski definition) is 4. The first-order valence-corrected chi connectivity index (χ1v) is 8.48. The van der Waals surface area contributed by atoms with Crippen LogP contribution in [-0.2, 0) is 0 Å². The van der Waals surface area contributed by atoms with Crippen LogP contribution >= 0.6 is 11.3 Å². The molecule has 0 unspecified atom stereocenters. The number of carbonyl (C=O) groups is 1. The van der Waals surface area contributed by atoms with E-state index in [1.165, 1.54) is 24.1 Å². The third kappa shape index (κ3) is 2.90. The zero-order valence-corrected chi connectivity index (χ0v) is 13.3. The fraction of sp³-hybridized carbons (Fsp3) is 0.235. The van der Waals surface area contributed by atoms with Gasteiger partial charge in [-0.2, -0.15) is 0 Å². The summed E-state index contributed by atoms with van der Waals surface area (Å²) in [7, 11) is 0. The van der Waals surface area contributed by atoms with Crippen molar-refractivity contribution in [3.05, 3.63) is 47.7 Å². The Bertz CT molecular complexity index is 851. The van der Waals surface area contributed by atoms with Crippen LogP contribution in [-0.4, -0.2) is 16.0 Å². The van der Waals surface area contributed by atoms with E-state index >= 15 is 0 Å². The lowest BCUT2D eigenvalue weighted by atomic mass is 9.85. The second-order valence-corrected chi connectivity index (χ2v) is 6.74. The van der Waals surface area contributed by atoms with Crippen LogP contribution in [0.25, 0.3) is 10.8 Å². The number of benzene rings is 1. The van der Waals surface area contributed by atoms with Crippen LogP contribution in [0.4, 0.5) is 15.6 Å². The predicted octanol–water partition coefficient (Wildman–Crippen LogP) is 4.60. The maximum Gasteiger partial charge on any atom is 0.325 e. The molecule has 3 aromatic rings. The van der Waals surface area contributed by atoms with Crippen molar-refractivity contribution in [2.75, 3.05) is 10.6 Å². The number of aromatic nitrogens is 2. The molecule has 2 heterocycles. The van der Waals surface area contributed by atoms with E-state index in [-0.39, 0.29) is 6.03 Å². The Morgan fingerprint density at radius 1 is 1.17 bits per heavy atom. The fourth-order valence-corrected chi connectivity index (χ4v) is 3.68. The Hall–Kier alpha value is -2.47. The second kappa shape index (κ2) is 5.96. The molecule has 0 saturated heterocycles. The van der Waals surface area contributed by atoms with Crippen LogP contribution < -0.4 is 10.6 Å². The topological polar surface area (TPSA) is 66.9 Å². The zero-order chi connectivity index (χ0) is 15.6. The number of thiazole rings is 1. The van der Waals surface area contributed by atoms with Gasteiger partial charge in [-0.25, -0.2) is 9.78 Å². The summed E-state index contributed by atoms with van der Waals surface area (Å²) in [6.07, 6.45) is 9.13. The monoisotopic (exact) mass is 324 g/mol. The first-order valence-electron chi connectivity index (χ1n) is 7.66. The summed E-state index contributed by atoms with van der Waals surface area (Å²) >= 11 is 1.56. The molecule has 4 rings (SSSR count). The smallest absolute Gasteiger partial charge is 0.307 e. The van der Waals surface area contributed by atoms with E-state index in [1.54, 1.807) is 23.7 Å². The second-order valence-electron chi connectivity index (χ2n) is 5.68. The van der Waals surface area contributed by atoms with Crippen LogP contribution in [0.5, 0.6) is 0 Å². The molecular weight excluding hydrogens is 308 g/mol. The minimum atomic E-state index is -0.282. The third-order valence-electron chi connectivity index (χ3n) is 4.18. The Labute approximate surface area is 137 Å². The summed E-state index contributed by atoms with van der Waals surface area (Å²) in [6.45, 7) is 0. The number of rotatable bonds is 3. The molecule has 0 radical (unpaired) electrons. The summed E-state index contributed by atoms with van der Waals surface area (Å²) in [6, 6.07) is 7.41. The summed E-state index contributed by atoms with van der Waals surface area (Å²) in [4.78, 5) is 21.9. The van der Waals surface area contributed by atoms with Crippen LogP contribution in [0.2, 0.25) is 0 Å². The van der Waals surface area contributed by atoms with Crippen molar-refractivity contribution < 1.29 is 4.79 Å². The quantitative estimate of drug-likeness (QED) is 0.739. The first-order chi connectivity index (χ1) is 11.3. The van der Waals surface area contributed by atoms with Gasteiger partial charge in [-0.3, -0.25) is 10.3 Å². The van der Waals surface area contributed by atoms with E-state index in [4.69, 9.17) is 0 Å². The molecule has 0 spiro atoms. The standard InChI is InChI=1S/C17H16N4OS/c22-16(21-17-19-10-15(23-17)12-4-1-5-12)20-14-6-2-3-11-7-8-18-9-13(11)14/h2-3,6-10,12H,1,4-5H2,(H2,19,20,21,22). The molecule has 1 aromatic carbocycles. The predicted molar refractivity (Wildman–Crippen MR) is 93.1 cm³/mol. The van der Waals surface area contributed by atoms with Gasteiger partial charge in [0.15, 0.2) is 5.13 Å². The highest BCUT2D eigenvalue weighted by molar-refractivity contribution is 7.15. The highest BCUT2D eigenvalue weighted by Crippen LogP contribution is 2.39. The Morgan fingerprint density at radius 2 is 2.09 bits per heavy atom. The van der Waals surface area contributed by atoms with Gasteiger partial charge in [0.05, 0.1) is 5.69 Å². The molecular formula is C17H16N4OS. The number of fused-ring (bicyclic) bond motifs is 1. The number of nitrogens with zero attached hydrogens (tertiary/aromatic N) is 2. The average Bonchev–Trinajstić information content (AvgIpc) is 2.93. The maximum absolute atomic E-state index is 12.2. The largest absolute Gasteiger partial charge is 0.325 e. The highest BCUT2D eigenvalue weighted by Gasteiger charge is 2.22. The van der Waals surface area contributed by atoms with E-state index in [0.29, 0.717) is 11.0 Å². The number of carbonyl (C=O) groups excluding carboxylic acids is 1. The van der Waals surface area contributed by atoms with Gasteiger partial charge in [0, 0.05) is 28.9 Å². The summed E-state index contributed by atoms with van der Waals surface area (Å²) < 4.78 is 0. The van der Waals surface area contributed by atoms with Gasteiger partial charge >= 0.3 is 6.03 Å². The Kier molecular flexibility index (Phi) is 3.67. The number of anilines is 2. The number of nitrogens with one attached hydrogen (secondary N) is 2. The van der Waals surface area contributed by atoms with Gasteiger partial charge in [0.2, 0.25) is 0 Å². The number of urea groups is 1. The van der Waals surface area contributed by atoms with Crippen molar-refractivity contribution in [3.8, 4) is 0 Å². The van der Waals surface area contributed by atoms with Crippen LogP contribution in [0.3, 0.4) is 0 Å². The van der Waals surface area contributed by atoms with Gasteiger partial charge in [-0.15, -0.1) is 11.3 Å². The number of pyridine rings is 1. The minimum absolute atomic E-state index is 0.282. The maximum atomic E-state index is 12.2. The van der Waals surface area contributed by atoms with Gasteiger partial charge in [-0.05, 0) is 36.3 Å². The normalized spacial score (nSPS) is 14.4. The fourth-order valence-electron chi connectivity index (χ4n) is 2.70.